The molecule has 0 fully saturated rings. The number of halogens is 1. The molecule has 2 aromatic heterocycles. The Morgan fingerprint density at radius 3 is 2.70 bits per heavy atom. The number of esters is 1. The van der Waals surface area contributed by atoms with Gasteiger partial charge >= 0.3 is 11.7 Å². The van der Waals surface area contributed by atoms with E-state index >= 15 is 0 Å². The monoisotopic (exact) mass is 401 g/mol. The van der Waals surface area contributed by atoms with Crippen molar-refractivity contribution >= 4 is 28.9 Å². The lowest BCUT2D eigenvalue weighted by Gasteiger charge is -2.12. The number of carbonyl (C=O) groups is 1. The molecule has 0 unspecified atom stereocenters. The molecule has 3 rings (SSSR count). The van der Waals surface area contributed by atoms with E-state index in [1.807, 2.05) is 0 Å². The number of nitriles is 1. The lowest BCUT2D eigenvalue weighted by Crippen LogP contribution is -2.40. The Hall–Kier alpha value is -3.15. The SMILES string of the molecule is COC(=O)c1ccsc1-n1cc(C#N)c(=O)n(Cc2ccccc2Cl)c1=O. The molecular formula is C18H12ClN3O4S. The average Bonchev–Trinajstić information content (AvgIpc) is 3.15. The standard InChI is InChI=1S/C18H12ClN3O4S/c1-26-17(24)13-6-7-27-16(13)22-10-12(8-20)15(23)21(18(22)25)9-11-4-2-3-5-14(11)19/h2-7,10H,9H2,1H3. The maximum Gasteiger partial charge on any atom is 0.340 e. The molecule has 0 bridgehead atoms. The highest BCUT2D eigenvalue weighted by Crippen LogP contribution is 2.21. The second kappa shape index (κ2) is 7.61. The van der Waals surface area contributed by atoms with E-state index in [0.717, 1.165) is 26.7 Å². The summed E-state index contributed by atoms with van der Waals surface area (Å²) in [6.07, 6.45) is 1.13. The fraction of sp³-hybridized carbons (Fsp3) is 0.111. The average molecular weight is 402 g/mol. The molecule has 0 N–H and O–H groups in total. The second-order valence-corrected chi connectivity index (χ2v) is 6.72. The topological polar surface area (TPSA) is 94.1 Å². The molecule has 0 aliphatic carbocycles. The summed E-state index contributed by atoms with van der Waals surface area (Å²) in [7, 11) is 1.23. The first-order chi connectivity index (χ1) is 13.0. The Bertz CT molecular complexity index is 1190. The minimum atomic E-state index is -0.727. The normalized spacial score (nSPS) is 10.4. The third-order valence-corrected chi connectivity index (χ3v) is 5.13. The molecule has 9 heteroatoms. The first kappa shape index (κ1) is 18.6. The van der Waals surface area contributed by atoms with Crippen LogP contribution in [0.2, 0.25) is 5.02 Å². The number of nitrogens with zero attached hydrogens (tertiary/aromatic N) is 3. The van der Waals surface area contributed by atoms with E-state index in [0.29, 0.717) is 10.6 Å². The van der Waals surface area contributed by atoms with Crippen LogP contribution < -0.4 is 11.2 Å². The van der Waals surface area contributed by atoms with E-state index in [9.17, 15) is 19.6 Å². The molecule has 0 aliphatic rings. The molecule has 27 heavy (non-hydrogen) atoms. The van der Waals surface area contributed by atoms with Gasteiger partial charge in [0.25, 0.3) is 5.56 Å². The van der Waals surface area contributed by atoms with Crippen LogP contribution in [0.1, 0.15) is 21.5 Å². The van der Waals surface area contributed by atoms with Crippen LogP contribution in [0.3, 0.4) is 0 Å². The largest absolute Gasteiger partial charge is 0.465 e. The molecule has 0 saturated carbocycles. The number of aromatic nitrogens is 2. The molecular weight excluding hydrogens is 390 g/mol. The van der Waals surface area contributed by atoms with Crippen molar-refractivity contribution in [1.29, 1.82) is 5.26 Å². The fourth-order valence-corrected chi connectivity index (χ4v) is 3.56. The van der Waals surface area contributed by atoms with Gasteiger partial charge in [-0.25, -0.2) is 9.59 Å². The Morgan fingerprint density at radius 1 is 1.30 bits per heavy atom. The number of hydrogen-bond donors (Lipinski definition) is 0. The van der Waals surface area contributed by atoms with Gasteiger partial charge in [0.05, 0.1) is 19.2 Å². The molecule has 1 aromatic carbocycles. The summed E-state index contributed by atoms with van der Waals surface area (Å²) < 4.78 is 6.74. The van der Waals surface area contributed by atoms with E-state index in [4.69, 9.17) is 16.3 Å². The van der Waals surface area contributed by atoms with Gasteiger partial charge < -0.3 is 4.74 Å². The predicted octanol–water partition coefficient (Wildman–Crippen LogP) is 2.42. The maximum absolute atomic E-state index is 13.0. The van der Waals surface area contributed by atoms with Crippen LogP contribution in [0.25, 0.3) is 5.00 Å². The highest BCUT2D eigenvalue weighted by atomic mass is 35.5. The first-order valence-electron chi connectivity index (χ1n) is 7.64. The van der Waals surface area contributed by atoms with Gasteiger partial charge in [0, 0.05) is 11.2 Å². The molecule has 0 spiro atoms. The minimum absolute atomic E-state index is 0.105. The highest BCUT2D eigenvalue weighted by molar-refractivity contribution is 7.13. The van der Waals surface area contributed by atoms with Gasteiger partial charge in [-0.2, -0.15) is 5.26 Å². The van der Waals surface area contributed by atoms with E-state index in [-0.39, 0.29) is 22.7 Å². The van der Waals surface area contributed by atoms with Gasteiger partial charge in [-0.3, -0.25) is 13.9 Å². The van der Waals surface area contributed by atoms with Crippen molar-refractivity contribution in [3.63, 3.8) is 0 Å². The van der Waals surface area contributed by atoms with Crippen LogP contribution in [0.15, 0.2) is 51.5 Å². The van der Waals surface area contributed by atoms with Crippen LogP contribution >= 0.6 is 22.9 Å². The maximum atomic E-state index is 13.0. The Morgan fingerprint density at radius 2 is 2.04 bits per heavy atom. The van der Waals surface area contributed by atoms with Crippen molar-refractivity contribution in [2.75, 3.05) is 7.11 Å². The van der Waals surface area contributed by atoms with Gasteiger partial charge in [0.15, 0.2) is 0 Å². The Kier molecular flexibility index (Phi) is 5.26. The molecule has 0 saturated heterocycles. The highest BCUT2D eigenvalue weighted by Gasteiger charge is 2.20. The molecule has 7 nitrogen and oxygen atoms in total. The van der Waals surface area contributed by atoms with Crippen LogP contribution in [-0.2, 0) is 11.3 Å². The Labute approximate surface area is 162 Å². The number of rotatable bonds is 4. The van der Waals surface area contributed by atoms with E-state index < -0.39 is 17.2 Å². The summed E-state index contributed by atoms with van der Waals surface area (Å²) in [4.78, 5) is 37.4. The van der Waals surface area contributed by atoms with Crippen LogP contribution in [0, 0.1) is 11.3 Å². The summed E-state index contributed by atoms with van der Waals surface area (Å²) in [6, 6.07) is 10.1. The van der Waals surface area contributed by atoms with Crippen molar-refractivity contribution in [3.8, 4) is 11.1 Å². The van der Waals surface area contributed by atoms with Gasteiger partial charge in [0.1, 0.15) is 16.6 Å². The van der Waals surface area contributed by atoms with Crippen molar-refractivity contribution in [1.82, 2.24) is 9.13 Å². The molecule has 0 amide bonds. The molecule has 3 aromatic rings. The summed E-state index contributed by atoms with van der Waals surface area (Å²) in [5, 5.41) is 11.6. The number of benzene rings is 1. The van der Waals surface area contributed by atoms with Crippen molar-refractivity contribution < 1.29 is 9.53 Å². The van der Waals surface area contributed by atoms with E-state index in [1.165, 1.54) is 13.2 Å². The third kappa shape index (κ3) is 3.43. The fourth-order valence-electron chi connectivity index (χ4n) is 2.51. The summed E-state index contributed by atoms with van der Waals surface area (Å²) in [5.41, 5.74) is -0.928. The van der Waals surface area contributed by atoms with Gasteiger partial charge in [0.2, 0.25) is 0 Å². The van der Waals surface area contributed by atoms with E-state index in [1.54, 1.807) is 35.7 Å². The third-order valence-electron chi connectivity index (χ3n) is 3.85. The van der Waals surface area contributed by atoms with Gasteiger partial charge in [-0.05, 0) is 23.1 Å². The second-order valence-electron chi connectivity index (χ2n) is 5.42. The Balaban J connectivity index is 2.24. The first-order valence-corrected chi connectivity index (χ1v) is 8.90. The zero-order valence-corrected chi connectivity index (χ0v) is 15.6. The van der Waals surface area contributed by atoms with Crippen LogP contribution in [0.5, 0.6) is 0 Å². The molecule has 0 aliphatic heterocycles. The molecule has 0 atom stereocenters. The number of methoxy groups -OCH3 is 1. The lowest BCUT2D eigenvalue weighted by atomic mass is 10.2. The number of thiophene rings is 1. The smallest absolute Gasteiger partial charge is 0.340 e. The van der Waals surface area contributed by atoms with Gasteiger partial charge in [-0.15, -0.1) is 11.3 Å². The predicted molar refractivity (Wildman–Crippen MR) is 101 cm³/mol. The number of ether oxygens (including phenoxy) is 1. The van der Waals surface area contributed by atoms with Gasteiger partial charge in [-0.1, -0.05) is 29.8 Å². The molecule has 136 valence electrons. The quantitative estimate of drug-likeness (QED) is 0.626. The zero-order chi connectivity index (χ0) is 19.6. The minimum Gasteiger partial charge on any atom is -0.465 e. The molecule has 0 radical (unpaired) electrons. The van der Waals surface area contributed by atoms with Crippen molar-refractivity contribution in [2.45, 2.75) is 6.54 Å². The number of carbonyl (C=O) groups excluding carboxylic acids is 1. The van der Waals surface area contributed by atoms with Crippen molar-refractivity contribution in [3.05, 3.63) is 84.5 Å². The molecule has 2 heterocycles. The summed E-state index contributed by atoms with van der Waals surface area (Å²) in [5.74, 6) is -0.625. The van der Waals surface area contributed by atoms with Crippen LogP contribution in [0.4, 0.5) is 0 Å². The van der Waals surface area contributed by atoms with Crippen LogP contribution in [-0.4, -0.2) is 22.2 Å². The van der Waals surface area contributed by atoms with E-state index in [2.05, 4.69) is 0 Å². The zero-order valence-electron chi connectivity index (χ0n) is 14.0. The lowest BCUT2D eigenvalue weighted by molar-refractivity contribution is 0.0601. The summed E-state index contributed by atoms with van der Waals surface area (Å²) in [6.45, 7) is -0.105. The number of hydrogen-bond acceptors (Lipinski definition) is 6. The summed E-state index contributed by atoms with van der Waals surface area (Å²) >= 11 is 7.24. The van der Waals surface area contributed by atoms with Crippen molar-refractivity contribution in [2.24, 2.45) is 0 Å².